The summed E-state index contributed by atoms with van der Waals surface area (Å²) in [5, 5.41) is 9.79. The first-order valence-electron chi connectivity index (χ1n) is 9.81. The Bertz CT molecular complexity index is 954. The van der Waals surface area contributed by atoms with Crippen molar-refractivity contribution < 1.29 is 5.11 Å². The Hall–Kier alpha value is -3.13. The molecule has 0 radical (unpaired) electrons. The summed E-state index contributed by atoms with van der Waals surface area (Å²) in [6.07, 6.45) is 2.59. The van der Waals surface area contributed by atoms with Crippen LogP contribution >= 0.6 is 0 Å². The molecule has 0 aliphatic carbocycles. The molecule has 0 saturated carbocycles. The highest BCUT2D eigenvalue weighted by Gasteiger charge is 2.32. The van der Waals surface area contributed by atoms with Gasteiger partial charge in [-0.15, -0.1) is 0 Å². The monoisotopic (exact) mass is 391 g/mol. The molecule has 3 aromatic rings. The molecule has 2 aromatic heterocycles. The number of piperazine rings is 1. The third-order valence-corrected chi connectivity index (χ3v) is 5.10. The minimum atomic E-state index is -0.687. The van der Waals surface area contributed by atoms with Crippen LogP contribution in [0.4, 0.5) is 11.8 Å². The molecule has 1 N–H and O–H groups in total. The average molecular weight is 391 g/mol. The fraction of sp³-hybridized carbons (Fsp3) is 0.381. The quantitative estimate of drug-likeness (QED) is 0.725. The minimum Gasteiger partial charge on any atom is -0.385 e. The molecule has 29 heavy (non-hydrogen) atoms. The molecule has 3 heterocycles. The number of nitrogens with zero attached hydrogens (tertiary/aromatic N) is 7. The predicted molar refractivity (Wildman–Crippen MR) is 112 cm³/mol. The molecular formula is C21H25N7O. The Kier molecular flexibility index (Phi) is 5.35. The lowest BCUT2D eigenvalue weighted by Crippen LogP contribution is -2.57. The third-order valence-electron chi connectivity index (χ3n) is 5.10. The van der Waals surface area contributed by atoms with Gasteiger partial charge in [0.05, 0.1) is 0 Å². The van der Waals surface area contributed by atoms with E-state index in [1.165, 1.54) is 0 Å². The van der Waals surface area contributed by atoms with E-state index in [0.717, 1.165) is 24.5 Å². The van der Waals surface area contributed by atoms with Crippen LogP contribution < -0.4 is 9.80 Å². The standard InChI is InChI=1S/C21H25N7O/c1-14-11-27(18-9-10-22-19(25-18)16(3)29)12-15(2)28(14)21-24-13-23-20(26-21)17-7-5-4-6-8-17/h4-10,13-16,29H,11-12H2,1-3H3/t14-,15+,16-/m1/s1. The molecule has 1 aromatic carbocycles. The SMILES string of the molecule is C[C@@H]1CN(c2ccnc([C@@H](C)O)n2)C[C@H](C)N1c1ncnc(-c2ccccc2)n1. The van der Waals surface area contributed by atoms with Crippen molar-refractivity contribution in [3.63, 3.8) is 0 Å². The van der Waals surface area contributed by atoms with Gasteiger partial charge in [0, 0.05) is 36.9 Å². The highest BCUT2D eigenvalue weighted by atomic mass is 16.3. The van der Waals surface area contributed by atoms with Crippen molar-refractivity contribution >= 4 is 11.8 Å². The van der Waals surface area contributed by atoms with Crippen LogP contribution in [0.1, 0.15) is 32.7 Å². The summed E-state index contributed by atoms with van der Waals surface area (Å²) in [6.45, 7) is 7.53. The van der Waals surface area contributed by atoms with E-state index >= 15 is 0 Å². The maximum atomic E-state index is 9.79. The first kappa shape index (κ1) is 19.2. The van der Waals surface area contributed by atoms with Crippen molar-refractivity contribution in [2.24, 2.45) is 0 Å². The molecule has 8 heteroatoms. The summed E-state index contributed by atoms with van der Waals surface area (Å²) in [4.78, 5) is 26.7. The first-order valence-corrected chi connectivity index (χ1v) is 9.81. The van der Waals surface area contributed by atoms with Gasteiger partial charge in [-0.05, 0) is 26.8 Å². The van der Waals surface area contributed by atoms with E-state index < -0.39 is 6.10 Å². The minimum absolute atomic E-state index is 0.176. The number of hydrogen-bond donors (Lipinski definition) is 1. The molecule has 0 spiro atoms. The van der Waals surface area contributed by atoms with Gasteiger partial charge in [0.2, 0.25) is 5.95 Å². The first-order chi connectivity index (χ1) is 14.0. The van der Waals surface area contributed by atoms with Crippen molar-refractivity contribution in [2.75, 3.05) is 22.9 Å². The Morgan fingerprint density at radius 3 is 2.38 bits per heavy atom. The van der Waals surface area contributed by atoms with Crippen molar-refractivity contribution in [3.05, 3.63) is 54.7 Å². The zero-order chi connectivity index (χ0) is 20.4. The number of aliphatic hydroxyl groups is 1. The summed E-state index contributed by atoms with van der Waals surface area (Å²) in [7, 11) is 0. The molecule has 1 saturated heterocycles. The number of benzene rings is 1. The molecule has 1 fully saturated rings. The van der Waals surface area contributed by atoms with E-state index in [9.17, 15) is 5.11 Å². The van der Waals surface area contributed by atoms with Crippen LogP contribution in [0, 0.1) is 0 Å². The van der Waals surface area contributed by atoms with Gasteiger partial charge in [-0.25, -0.2) is 19.9 Å². The van der Waals surface area contributed by atoms with Crippen LogP contribution in [0.2, 0.25) is 0 Å². The van der Waals surface area contributed by atoms with Crippen molar-refractivity contribution in [1.29, 1.82) is 0 Å². The molecule has 4 rings (SSSR count). The summed E-state index contributed by atoms with van der Waals surface area (Å²) in [5.41, 5.74) is 0.974. The van der Waals surface area contributed by atoms with Gasteiger partial charge in [-0.3, -0.25) is 0 Å². The molecule has 150 valence electrons. The zero-order valence-corrected chi connectivity index (χ0v) is 16.8. The van der Waals surface area contributed by atoms with Crippen molar-refractivity contribution in [2.45, 2.75) is 39.0 Å². The molecular weight excluding hydrogens is 366 g/mol. The summed E-state index contributed by atoms with van der Waals surface area (Å²) in [6, 6.07) is 12.2. The highest BCUT2D eigenvalue weighted by Crippen LogP contribution is 2.26. The molecule has 0 unspecified atom stereocenters. The maximum absolute atomic E-state index is 9.79. The zero-order valence-electron chi connectivity index (χ0n) is 16.8. The lowest BCUT2D eigenvalue weighted by atomic mass is 10.1. The van der Waals surface area contributed by atoms with Crippen LogP contribution in [0.25, 0.3) is 11.4 Å². The largest absolute Gasteiger partial charge is 0.385 e. The fourth-order valence-corrected chi connectivity index (χ4v) is 3.78. The van der Waals surface area contributed by atoms with E-state index in [0.29, 0.717) is 17.6 Å². The number of aromatic nitrogens is 5. The lowest BCUT2D eigenvalue weighted by molar-refractivity contribution is 0.189. The van der Waals surface area contributed by atoms with E-state index in [4.69, 9.17) is 4.98 Å². The Morgan fingerprint density at radius 2 is 1.69 bits per heavy atom. The van der Waals surface area contributed by atoms with Gasteiger partial charge in [0.25, 0.3) is 0 Å². The van der Waals surface area contributed by atoms with Crippen LogP contribution in [-0.4, -0.2) is 55.2 Å². The second-order valence-corrected chi connectivity index (χ2v) is 7.43. The lowest BCUT2D eigenvalue weighted by Gasteiger charge is -2.44. The molecule has 3 atom stereocenters. The Labute approximate surface area is 170 Å². The molecule has 0 amide bonds. The van der Waals surface area contributed by atoms with E-state index in [-0.39, 0.29) is 12.1 Å². The van der Waals surface area contributed by atoms with Crippen LogP contribution in [0.3, 0.4) is 0 Å². The number of aliphatic hydroxyl groups excluding tert-OH is 1. The fourth-order valence-electron chi connectivity index (χ4n) is 3.78. The van der Waals surface area contributed by atoms with E-state index in [1.807, 2.05) is 36.4 Å². The van der Waals surface area contributed by atoms with Crippen LogP contribution in [0.5, 0.6) is 0 Å². The number of hydrogen-bond acceptors (Lipinski definition) is 8. The molecule has 8 nitrogen and oxygen atoms in total. The van der Waals surface area contributed by atoms with Gasteiger partial charge in [0.1, 0.15) is 18.2 Å². The number of rotatable bonds is 4. The third kappa shape index (κ3) is 4.02. The van der Waals surface area contributed by atoms with Gasteiger partial charge < -0.3 is 14.9 Å². The maximum Gasteiger partial charge on any atom is 0.229 e. The van der Waals surface area contributed by atoms with Crippen molar-refractivity contribution in [3.8, 4) is 11.4 Å². The second-order valence-electron chi connectivity index (χ2n) is 7.43. The Morgan fingerprint density at radius 1 is 0.966 bits per heavy atom. The number of anilines is 2. The van der Waals surface area contributed by atoms with E-state index in [2.05, 4.69) is 43.6 Å². The van der Waals surface area contributed by atoms with Gasteiger partial charge in [0.15, 0.2) is 11.6 Å². The average Bonchev–Trinajstić information content (AvgIpc) is 2.74. The molecule has 1 aliphatic rings. The highest BCUT2D eigenvalue weighted by molar-refractivity contribution is 5.56. The van der Waals surface area contributed by atoms with Gasteiger partial charge >= 0.3 is 0 Å². The molecule has 0 bridgehead atoms. The van der Waals surface area contributed by atoms with Crippen LogP contribution in [-0.2, 0) is 0 Å². The normalized spacial score (nSPS) is 20.6. The van der Waals surface area contributed by atoms with Crippen molar-refractivity contribution in [1.82, 2.24) is 24.9 Å². The topological polar surface area (TPSA) is 91.2 Å². The molecule has 1 aliphatic heterocycles. The summed E-state index contributed by atoms with van der Waals surface area (Å²) >= 11 is 0. The smallest absolute Gasteiger partial charge is 0.229 e. The van der Waals surface area contributed by atoms with Gasteiger partial charge in [-0.2, -0.15) is 4.98 Å². The summed E-state index contributed by atoms with van der Waals surface area (Å²) in [5.74, 6) is 2.63. The van der Waals surface area contributed by atoms with Gasteiger partial charge in [-0.1, -0.05) is 30.3 Å². The summed E-state index contributed by atoms with van der Waals surface area (Å²) < 4.78 is 0. The van der Waals surface area contributed by atoms with Crippen LogP contribution in [0.15, 0.2) is 48.9 Å². The Balaban J connectivity index is 1.57. The second kappa shape index (κ2) is 8.08. The van der Waals surface area contributed by atoms with E-state index in [1.54, 1.807) is 19.4 Å². The predicted octanol–water partition coefficient (Wildman–Crippen LogP) is 2.49.